The molecule has 2 aromatic heterocycles. The minimum Gasteiger partial charge on any atom is -0.394 e. The van der Waals surface area contributed by atoms with E-state index in [1.165, 1.54) is 4.80 Å². The largest absolute Gasteiger partial charge is 0.394 e. The van der Waals surface area contributed by atoms with Gasteiger partial charge < -0.3 is 5.11 Å². The highest BCUT2D eigenvalue weighted by atomic mass is 16.3. The summed E-state index contributed by atoms with van der Waals surface area (Å²) in [5, 5.41) is 32.8. The molecule has 2 aromatic rings. The van der Waals surface area contributed by atoms with E-state index in [0.29, 0.717) is 18.2 Å². The zero-order valence-corrected chi connectivity index (χ0v) is 11.4. The standard InChI is InChI=1S/C10H18N8O/c1-4-5-17-9(12-14-16-17)10(2,3)8-11-15-18(13-8)6-7-19/h19H,4-7H2,1-3H3. The van der Waals surface area contributed by atoms with Gasteiger partial charge in [-0.15, -0.1) is 15.3 Å². The number of aromatic nitrogens is 8. The Morgan fingerprint density at radius 3 is 2.63 bits per heavy atom. The molecule has 0 radical (unpaired) electrons. The lowest BCUT2D eigenvalue weighted by atomic mass is 9.91. The number of tetrazole rings is 2. The molecule has 0 saturated heterocycles. The molecule has 9 heteroatoms. The van der Waals surface area contributed by atoms with Crippen LogP contribution < -0.4 is 0 Å². The number of hydrogen-bond donors (Lipinski definition) is 1. The Hall–Kier alpha value is -1.90. The molecule has 19 heavy (non-hydrogen) atoms. The molecule has 0 aliphatic carbocycles. The van der Waals surface area contributed by atoms with Crippen LogP contribution in [0.4, 0.5) is 0 Å². The predicted molar refractivity (Wildman–Crippen MR) is 65.1 cm³/mol. The Balaban J connectivity index is 2.31. The summed E-state index contributed by atoms with van der Waals surface area (Å²) >= 11 is 0. The van der Waals surface area contributed by atoms with Gasteiger partial charge in [0.15, 0.2) is 11.6 Å². The number of nitrogens with zero attached hydrogens (tertiary/aromatic N) is 8. The lowest BCUT2D eigenvalue weighted by Crippen LogP contribution is -2.27. The third-order valence-corrected chi connectivity index (χ3v) is 2.84. The first-order chi connectivity index (χ1) is 9.09. The van der Waals surface area contributed by atoms with Gasteiger partial charge in [0.05, 0.1) is 18.6 Å². The molecule has 0 bridgehead atoms. The van der Waals surface area contributed by atoms with Gasteiger partial charge in [-0.3, -0.25) is 0 Å². The fourth-order valence-electron chi connectivity index (χ4n) is 1.79. The van der Waals surface area contributed by atoms with Crippen molar-refractivity contribution < 1.29 is 5.11 Å². The van der Waals surface area contributed by atoms with Gasteiger partial charge >= 0.3 is 0 Å². The van der Waals surface area contributed by atoms with Gasteiger partial charge in [0.1, 0.15) is 0 Å². The molecule has 9 nitrogen and oxygen atoms in total. The van der Waals surface area contributed by atoms with E-state index in [1.54, 1.807) is 4.68 Å². The van der Waals surface area contributed by atoms with E-state index in [9.17, 15) is 0 Å². The molecule has 0 amide bonds. The normalized spacial score (nSPS) is 12.0. The molecule has 104 valence electrons. The highest BCUT2D eigenvalue weighted by molar-refractivity contribution is 5.15. The molecular weight excluding hydrogens is 248 g/mol. The van der Waals surface area contributed by atoms with Gasteiger partial charge in [0.25, 0.3) is 0 Å². The minimum absolute atomic E-state index is 0.0240. The predicted octanol–water partition coefficient (Wildman–Crippen LogP) is -0.612. The Labute approximate surface area is 110 Å². The number of rotatable bonds is 6. The third kappa shape index (κ3) is 2.60. The zero-order valence-electron chi connectivity index (χ0n) is 11.4. The molecule has 0 fully saturated rings. The van der Waals surface area contributed by atoms with Crippen molar-refractivity contribution in [3.63, 3.8) is 0 Å². The van der Waals surface area contributed by atoms with Gasteiger partial charge in [-0.1, -0.05) is 6.92 Å². The molecule has 2 rings (SSSR count). The molecule has 2 heterocycles. The van der Waals surface area contributed by atoms with Crippen molar-refractivity contribution in [3.8, 4) is 0 Å². The molecule has 0 aliphatic heterocycles. The molecule has 0 spiro atoms. The zero-order chi connectivity index (χ0) is 13.9. The van der Waals surface area contributed by atoms with Crippen molar-refractivity contribution in [1.29, 1.82) is 0 Å². The first-order valence-corrected chi connectivity index (χ1v) is 6.25. The highest BCUT2D eigenvalue weighted by Gasteiger charge is 2.34. The second-order valence-corrected chi connectivity index (χ2v) is 4.78. The fraction of sp³-hybridized carbons (Fsp3) is 0.800. The van der Waals surface area contributed by atoms with Crippen molar-refractivity contribution >= 4 is 0 Å². The second kappa shape index (κ2) is 5.39. The van der Waals surface area contributed by atoms with Crippen LogP contribution in [-0.2, 0) is 18.5 Å². The van der Waals surface area contributed by atoms with Crippen molar-refractivity contribution in [2.45, 2.75) is 45.7 Å². The van der Waals surface area contributed by atoms with E-state index >= 15 is 0 Å². The number of aliphatic hydroxyl groups is 1. The molecule has 0 saturated carbocycles. The number of aryl methyl sites for hydroxylation is 1. The van der Waals surface area contributed by atoms with Crippen LogP contribution in [0.2, 0.25) is 0 Å². The Morgan fingerprint density at radius 2 is 1.95 bits per heavy atom. The quantitative estimate of drug-likeness (QED) is 0.742. The van der Waals surface area contributed by atoms with Gasteiger partial charge in [-0.2, -0.15) is 4.80 Å². The summed E-state index contributed by atoms with van der Waals surface area (Å²) in [5.74, 6) is 1.24. The molecule has 0 aromatic carbocycles. The molecule has 0 atom stereocenters. The van der Waals surface area contributed by atoms with Crippen LogP contribution >= 0.6 is 0 Å². The van der Waals surface area contributed by atoms with Crippen LogP contribution in [0.1, 0.15) is 38.8 Å². The van der Waals surface area contributed by atoms with Crippen molar-refractivity contribution in [2.75, 3.05) is 6.61 Å². The molecule has 1 N–H and O–H groups in total. The van der Waals surface area contributed by atoms with Gasteiger partial charge in [-0.25, -0.2) is 4.68 Å². The average molecular weight is 266 g/mol. The molecule has 0 unspecified atom stereocenters. The van der Waals surface area contributed by atoms with E-state index in [2.05, 4.69) is 37.9 Å². The maximum Gasteiger partial charge on any atom is 0.188 e. The van der Waals surface area contributed by atoms with Crippen LogP contribution in [0, 0.1) is 0 Å². The van der Waals surface area contributed by atoms with Crippen LogP contribution in [0.25, 0.3) is 0 Å². The second-order valence-electron chi connectivity index (χ2n) is 4.78. The lowest BCUT2D eigenvalue weighted by molar-refractivity contribution is 0.258. The summed E-state index contributed by atoms with van der Waals surface area (Å²) in [4.78, 5) is 1.37. The van der Waals surface area contributed by atoms with Crippen LogP contribution in [-0.4, -0.2) is 52.1 Å². The summed E-state index contributed by atoms with van der Waals surface area (Å²) in [7, 11) is 0. The SMILES string of the molecule is CCCn1nnnc1C(C)(C)c1nnn(CCO)n1. The van der Waals surface area contributed by atoms with E-state index in [-0.39, 0.29) is 6.61 Å². The van der Waals surface area contributed by atoms with Crippen molar-refractivity contribution in [3.05, 3.63) is 11.6 Å². The van der Waals surface area contributed by atoms with Gasteiger partial charge in [0, 0.05) is 6.54 Å². The first kappa shape index (κ1) is 13.5. The smallest absolute Gasteiger partial charge is 0.188 e. The summed E-state index contributed by atoms with van der Waals surface area (Å²) in [6.45, 7) is 7.01. The first-order valence-electron chi connectivity index (χ1n) is 6.25. The summed E-state index contributed by atoms with van der Waals surface area (Å²) < 4.78 is 1.76. The summed E-state index contributed by atoms with van der Waals surface area (Å²) in [6.07, 6.45) is 0.943. The monoisotopic (exact) mass is 266 g/mol. The summed E-state index contributed by atoms with van der Waals surface area (Å²) in [5.41, 5.74) is -0.535. The average Bonchev–Trinajstić information content (AvgIpc) is 2.99. The Bertz CT molecular complexity index is 531. The van der Waals surface area contributed by atoms with Crippen LogP contribution in [0.5, 0.6) is 0 Å². The third-order valence-electron chi connectivity index (χ3n) is 2.84. The number of aliphatic hydroxyl groups excluding tert-OH is 1. The van der Waals surface area contributed by atoms with Crippen LogP contribution in [0.15, 0.2) is 0 Å². The van der Waals surface area contributed by atoms with Gasteiger partial charge in [0.2, 0.25) is 0 Å². The minimum atomic E-state index is -0.535. The molecular formula is C10H18N8O. The lowest BCUT2D eigenvalue weighted by Gasteiger charge is -2.18. The van der Waals surface area contributed by atoms with Crippen molar-refractivity contribution in [1.82, 2.24) is 40.4 Å². The molecule has 0 aliphatic rings. The van der Waals surface area contributed by atoms with Crippen LogP contribution in [0.3, 0.4) is 0 Å². The Morgan fingerprint density at radius 1 is 1.16 bits per heavy atom. The van der Waals surface area contributed by atoms with E-state index in [0.717, 1.165) is 13.0 Å². The highest BCUT2D eigenvalue weighted by Crippen LogP contribution is 2.26. The maximum atomic E-state index is 8.86. The van der Waals surface area contributed by atoms with E-state index < -0.39 is 5.41 Å². The summed E-state index contributed by atoms with van der Waals surface area (Å²) in [6, 6.07) is 0. The van der Waals surface area contributed by atoms with Crippen molar-refractivity contribution in [2.24, 2.45) is 0 Å². The maximum absolute atomic E-state index is 8.86. The Kier molecular flexibility index (Phi) is 3.84. The van der Waals surface area contributed by atoms with E-state index in [4.69, 9.17) is 5.11 Å². The number of hydrogen-bond acceptors (Lipinski definition) is 7. The van der Waals surface area contributed by atoms with Gasteiger partial charge in [-0.05, 0) is 35.9 Å². The topological polar surface area (TPSA) is 107 Å². The van der Waals surface area contributed by atoms with E-state index in [1.807, 2.05) is 13.8 Å². The fourth-order valence-corrected chi connectivity index (χ4v) is 1.79.